The number of carbonyl (C=O) groups is 2. The van der Waals surface area contributed by atoms with Gasteiger partial charge in [-0.3, -0.25) is 9.59 Å². The molecule has 0 aliphatic heterocycles. The third-order valence-electron chi connectivity index (χ3n) is 4.45. The summed E-state index contributed by atoms with van der Waals surface area (Å²) in [4.78, 5) is 25.6. The van der Waals surface area contributed by atoms with Gasteiger partial charge in [-0.05, 0) is 42.5 Å². The van der Waals surface area contributed by atoms with Crippen molar-refractivity contribution >= 4 is 35.0 Å². The molecular weight excluding hydrogens is 428 g/mol. The van der Waals surface area contributed by atoms with Gasteiger partial charge in [-0.25, -0.2) is 0 Å². The van der Waals surface area contributed by atoms with Crippen molar-refractivity contribution in [3.8, 4) is 17.2 Å². The molecule has 0 fully saturated rings. The summed E-state index contributed by atoms with van der Waals surface area (Å²) < 4.78 is 15.6. The number of hydrogen-bond acceptors (Lipinski definition) is 6. The van der Waals surface area contributed by atoms with Crippen LogP contribution in [-0.2, 0) is 4.79 Å². The summed E-state index contributed by atoms with van der Waals surface area (Å²) in [5.41, 5.74) is 1.77. The maximum absolute atomic E-state index is 12.4. The van der Waals surface area contributed by atoms with Crippen LogP contribution in [-0.4, -0.2) is 38.9 Å². The Morgan fingerprint density at radius 1 is 0.750 bits per heavy atom. The van der Waals surface area contributed by atoms with Crippen LogP contribution in [0.25, 0.3) is 0 Å². The quantitative estimate of drug-likeness (QED) is 0.458. The average molecular weight is 453 g/mol. The molecular formula is C24H24N2O5S. The molecule has 0 aliphatic carbocycles. The van der Waals surface area contributed by atoms with Crippen molar-refractivity contribution in [2.75, 3.05) is 37.7 Å². The Labute approximate surface area is 191 Å². The zero-order chi connectivity index (χ0) is 22.9. The van der Waals surface area contributed by atoms with Crippen molar-refractivity contribution in [3.63, 3.8) is 0 Å². The van der Waals surface area contributed by atoms with E-state index in [0.717, 1.165) is 4.90 Å². The van der Waals surface area contributed by atoms with Crippen molar-refractivity contribution in [2.24, 2.45) is 0 Å². The van der Waals surface area contributed by atoms with Gasteiger partial charge in [0.2, 0.25) is 5.91 Å². The molecule has 3 rings (SSSR count). The highest BCUT2D eigenvalue weighted by Gasteiger charge is 2.09. The third-order valence-corrected chi connectivity index (χ3v) is 5.46. The second-order valence-electron chi connectivity index (χ2n) is 6.65. The molecule has 0 unspecified atom stereocenters. The fourth-order valence-corrected chi connectivity index (χ4v) is 3.53. The number of carbonyl (C=O) groups excluding carboxylic acids is 2. The Balaban J connectivity index is 1.53. The standard InChI is InChI=1S/C24H24N2O5S/c1-29-19-6-4-5-16(11-19)24(28)26-17-7-9-22(10-8-17)32-15-23(27)25-18-12-20(30-2)14-21(13-18)31-3/h4-14H,15H2,1-3H3,(H,25,27)(H,26,28). The smallest absolute Gasteiger partial charge is 0.255 e. The lowest BCUT2D eigenvalue weighted by Gasteiger charge is -2.10. The van der Waals surface area contributed by atoms with Gasteiger partial charge >= 0.3 is 0 Å². The monoisotopic (exact) mass is 452 g/mol. The fraction of sp³-hybridized carbons (Fsp3) is 0.167. The van der Waals surface area contributed by atoms with Gasteiger partial charge in [-0.15, -0.1) is 11.8 Å². The number of amides is 2. The van der Waals surface area contributed by atoms with Gasteiger partial charge in [-0.2, -0.15) is 0 Å². The highest BCUT2D eigenvalue weighted by molar-refractivity contribution is 8.00. The molecule has 0 bridgehead atoms. The predicted molar refractivity (Wildman–Crippen MR) is 126 cm³/mol. The lowest BCUT2D eigenvalue weighted by molar-refractivity contribution is -0.113. The summed E-state index contributed by atoms with van der Waals surface area (Å²) in [6.07, 6.45) is 0. The molecule has 166 valence electrons. The van der Waals surface area contributed by atoms with Gasteiger partial charge in [0.1, 0.15) is 17.2 Å². The summed E-state index contributed by atoms with van der Waals surface area (Å²) in [5.74, 6) is 1.67. The van der Waals surface area contributed by atoms with Crippen LogP contribution < -0.4 is 24.8 Å². The van der Waals surface area contributed by atoms with Crippen LogP contribution in [0.5, 0.6) is 17.2 Å². The molecule has 3 aromatic rings. The highest BCUT2D eigenvalue weighted by Crippen LogP contribution is 2.26. The molecule has 0 saturated heterocycles. The van der Waals surface area contributed by atoms with Crippen molar-refractivity contribution < 1.29 is 23.8 Å². The van der Waals surface area contributed by atoms with Crippen molar-refractivity contribution in [3.05, 3.63) is 72.3 Å². The zero-order valence-electron chi connectivity index (χ0n) is 18.0. The third kappa shape index (κ3) is 6.42. The van der Waals surface area contributed by atoms with Gasteiger partial charge in [0, 0.05) is 40.0 Å². The van der Waals surface area contributed by atoms with E-state index in [2.05, 4.69) is 10.6 Å². The topological polar surface area (TPSA) is 85.9 Å². The maximum Gasteiger partial charge on any atom is 0.255 e. The van der Waals surface area contributed by atoms with Gasteiger partial charge in [-0.1, -0.05) is 6.07 Å². The lowest BCUT2D eigenvalue weighted by Crippen LogP contribution is -2.14. The number of methoxy groups -OCH3 is 3. The minimum atomic E-state index is -0.225. The van der Waals surface area contributed by atoms with Crippen LogP contribution in [0.4, 0.5) is 11.4 Å². The van der Waals surface area contributed by atoms with Gasteiger partial charge in [0.15, 0.2) is 0 Å². The number of rotatable bonds is 9. The molecule has 2 N–H and O–H groups in total. The largest absolute Gasteiger partial charge is 0.497 e. The molecule has 0 saturated carbocycles. The van der Waals surface area contributed by atoms with E-state index in [-0.39, 0.29) is 17.6 Å². The molecule has 32 heavy (non-hydrogen) atoms. The van der Waals surface area contributed by atoms with Crippen molar-refractivity contribution in [1.82, 2.24) is 0 Å². The van der Waals surface area contributed by atoms with Crippen molar-refractivity contribution in [2.45, 2.75) is 4.90 Å². The molecule has 0 heterocycles. The minimum Gasteiger partial charge on any atom is -0.497 e. The SMILES string of the molecule is COc1cc(NC(=O)CSc2ccc(NC(=O)c3cccc(OC)c3)cc2)cc(OC)c1. The van der Waals surface area contributed by atoms with E-state index in [4.69, 9.17) is 14.2 Å². The Morgan fingerprint density at radius 2 is 1.41 bits per heavy atom. The van der Waals surface area contributed by atoms with E-state index in [1.165, 1.54) is 11.8 Å². The van der Waals surface area contributed by atoms with E-state index in [9.17, 15) is 9.59 Å². The molecule has 0 spiro atoms. The number of thioether (sulfide) groups is 1. The number of benzene rings is 3. The van der Waals surface area contributed by atoms with Crippen LogP contribution in [0, 0.1) is 0 Å². The maximum atomic E-state index is 12.4. The fourth-order valence-electron chi connectivity index (χ4n) is 2.83. The molecule has 3 aromatic carbocycles. The normalized spacial score (nSPS) is 10.2. The molecule has 0 aliphatic rings. The van der Waals surface area contributed by atoms with E-state index >= 15 is 0 Å². The molecule has 7 nitrogen and oxygen atoms in total. The summed E-state index contributed by atoms with van der Waals surface area (Å²) in [5, 5.41) is 5.69. The van der Waals surface area contributed by atoms with Crippen LogP contribution >= 0.6 is 11.8 Å². The number of hydrogen-bond donors (Lipinski definition) is 2. The Morgan fingerprint density at radius 3 is 2.03 bits per heavy atom. The van der Waals surface area contributed by atoms with Crippen LogP contribution in [0.1, 0.15) is 10.4 Å². The lowest BCUT2D eigenvalue weighted by atomic mass is 10.2. The molecule has 0 aromatic heterocycles. The van der Waals surface area contributed by atoms with Crippen LogP contribution in [0.2, 0.25) is 0 Å². The zero-order valence-corrected chi connectivity index (χ0v) is 18.8. The molecule has 8 heteroatoms. The number of anilines is 2. The van der Waals surface area contributed by atoms with E-state index in [0.29, 0.717) is 34.2 Å². The molecule has 0 atom stereocenters. The summed E-state index contributed by atoms with van der Waals surface area (Å²) in [6.45, 7) is 0. The first-order valence-corrected chi connectivity index (χ1v) is 10.7. The summed E-state index contributed by atoms with van der Waals surface area (Å²) >= 11 is 1.39. The second-order valence-corrected chi connectivity index (χ2v) is 7.70. The molecule has 2 amide bonds. The minimum absolute atomic E-state index is 0.152. The Kier molecular flexibility index (Phi) is 7.99. The average Bonchev–Trinajstić information content (AvgIpc) is 2.83. The first-order chi connectivity index (χ1) is 15.5. The second kappa shape index (κ2) is 11.1. The Hall–Kier alpha value is -3.65. The molecule has 0 radical (unpaired) electrons. The van der Waals surface area contributed by atoms with E-state index in [1.807, 2.05) is 12.1 Å². The van der Waals surface area contributed by atoms with E-state index in [1.54, 1.807) is 75.9 Å². The summed E-state index contributed by atoms with van der Waals surface area (Å²) in [6, 6.07) is 19.4. The van der Waals surface area contributed by atoms with Gasteiger partial charge in [0.25, 0.3) is 5.91 Å². The first kappa shape index (κ1) is 23.0. The summed E-state index contributed by atoms with van der Waals surface area (Å²) in [7, 11) is 4.67. The van der Waals surface area contributed by atoms with Gasteiger partial charge < -0.3 is 24.8 Å². The van der Waals surface area contributed by atoms with Crippen LogP contribution in [0.15, 0.2) is 71.6 Å². The predicted octanol–water partition coefficient (Wildman–Crippen LogP) is 4.70. The number of ether oxygens (including phenoxy) is 3. The first-order valence-electron chi connectivity index (χ1n) is 9.72. The van der Waals surface area contributed by atoms with Crippen molar-refractivity contribution in [1.29, 1.82) is 0 Å². The Bertz CT molecular complexity index is 1060. The van der Waals surface area contributed by atoms with Gasteiger partial charge in [0.05, 0.1) is 27.1 Å². The number of nitrogens with one attached hydrogen (secondary N) is 2. The van der Waals surface area contributed by atoms with Crippen LogP contribution in [0.3, 0.4) is 0 Å². The van der Waals surface area contributed by atoms with E-state index < -0.39 is 0 Å². The highest BCUT2D eigenvalue weighted by atomic mass is 32.2.